The highest BCUT2D eigenvalue weighted by Gasteiger charge is 2.14. The lowest BCUT2D eigenvalue weighted by molar-refractivity contribution is 0.635. The van der Waals surface area contributed by atoms with E-state index in [0.29, 0.717) is 0 Å². The largest absolute Gasteiger partial charge is 0.356 e. The number of nitrogens with one attached hydrogen (secondary N) is 2. The molecule has 1 atom stereocenters. The third-order valence-electron chi connectivity index (χ3n) is 4.47. The lowest BCUT2D eigenvalue weighted by Crippen LogP contribution is -2.43. The Labute approximate surface area is 192 Å². The minimum atomic E-state index is 0. The highest BCUT2D eigenvalue weighted by molar-refractivity contribution is 14.0. The number of nitrogens with zero attached hydrogens (tertiary/aromatic N) is 3. The molecule has 0 radical (unpaired) electrons. The summed E-state index contributed by atoms with van der Waals surface area (Å²) in [5.74, 6) is 0.801. The first kappa shape index (κ1) is 24.2. The van der Waals surface area contributed by atoms with Crippen LogP contribution in [-0.4, -0.2) is 35.4 Å². The maximum absolute atomic E-state index is 6.07. The summed E-state index contributed by atoms with van der Waals surface area (Å²) in [7, 11) is 3.77. The molecule has 0 fully saturated rings. The standard InChI is InChI=1S/C19H27BrClN5.HI/c1-12(10-17-13(2)25-26(5)14(17)3)24-19(22-4)23-9-8-15-11-16(21)6-7-18(15)20;/h6-7,11-12H,8-10H2,1-5H3,(H2,22,23,24);1H. The Bertz CT molecular complexity index is 791. The molecular weight excluding hydrogens is 541 g/mol. The molecule has 2 N–H and O–H groups in total. The van der Waals surface area contributed by atoms with Gasteiger partial charge < -0.3 is 10.6 Å². The van der Waals surface area contributed by atoms with Gasteiger partial charge in [-0.25, -0.2) is 0 Å². The van der Waals surface area contributed by atoms with Gasteiger partial charge in [-0.05, 0) is 62.9 Å². The van der Waals surface area contributed by atoms with Gasteiger partial charge in [0.2, 0.25) is 0 Å². The van der Waals surface area contributed by atoms with Gasteiger partial charge in [0.15, 0.2) is 5.96 Å². The van der Waals surface area contributed by atoms with Crippen LogP contribution in [-0.2, 0) is 19.9 Å². The van der Waals surface area contributed by atoms with Crippen molar-refractivity contribution in [2.45, 2.75) is 39.7 Å². The van der Waals surface area contributed by atoms with Crippen LogP contribution in [0.25, 0.3) is 0 Å². The smallest absolute Gasteiger partial charge is 0.191 e. The van der Waals surface area contributed by atoms with Gasteiger partial charge in [0.1, 0.15) is 0 Å². The van der Waals surface area contributed by atoms with E-state index in [1.807, 2.05) is 29.9 Å². The first-order valence-corrected chi connectivity index (χ1v) is 9.89. The average Bonchev–Trinajstić information content (AvgIpc) is 2.83. The second-order valence-electron chi connectivity index (χ2n) is 6.51. The number of hydrogen-bond donors (Lipinski definition) is 2. The van der Waals surface area contributed by atoms with E-state index in [0.717, 1.165) is 40.5 Å². The maximum atomic E-state index is 6.07. The number of aromatic nitrogens is 2. The summed E-state index contributed by atoms with van der Waals surface area (Å²) in [6.07, 6.45) is 1.77. The number of hydrogen-bond acceptors (Lipinski definition) is 2. The monoisotopic (exact) mass is 567 g/mol. The van der Waals surface area contributed by atoms with Gasteiger partial charge >= 0.3 is 0 Å². The van der Waals surface area contributed by atoms with Gasteiger partial charge in [0.25, 0.3) is 0 Å². The van der Waals surface area contributed by atoms with Gasteiger partial charge in [0.05, 0.1) is 5.69 Å². The van der Waals surface area contributed by atoms with Crippen LogP contribution >= 0.6 is 51.5 Å². The molecule has 0 amide bonds. The quantitative estimate of drug-likeness (QED) is 0.309. The molecule has 2 rings (SSSR count). The number of halogens is 3. The van der Waals surface area contributed by atoms with Crippen molar-refractivity contribution < 1.29 is 0 Å². The highest BCUT2D eigenvalue weighted by Crippen LogP contribution is 2.21. The van der Waals surface area contributed by atoms with Crippen molar-refractivity contribution in [1.29, 1.82) is 0 Å². The number of benzene rings is 1. The first-order chi connectivity index (χ1) is 12.3. The summed E-state index contributed by atoms with van der Waals surface area (Å²) in [6, 6.07) is 6.10. The summed E-state index contributed by atoms with van der Waals surface area (Å²) >= 11 is 9.64. The minimum absolute atomic E-state index is 0. The summed E-state index contributed by atoms with van der Waals surface area (Å²) < 4.78 is 3.01. The van der Waals surface area contributed by atoms with Crippen LogP contribution < -0.4 is 10.6 Å². The van der Waals surface area contributed by atoms with Crippen molar-refractivity contribution in [1.82, 2.24) is 20.4 Å². The molecule has 5 nitrogen and oxygen atoms in total. The van der Waals surface area contributed by atoms with Crippen LogP contribution in [0.1, 0.15) is 29.4 Å². The second-order valence-corrected chi connectivity index (χ2v) is 7.80. The Morgan fingerprint density at radius 2 is 2.07 bits per heavy atom. The van der Waals surface area contributed by atoms with Crippen molar-refractivity contribution in [2.75, 3.05) is 13.6 Å². The third kappa shape index (κ3) is 6.94. The van der Waals surface area contributed by atoms with E-state index in [2.05, 4.69) is 57.4 Å². The van der Waals surface area contributed by atoms with E-state index in [1.54, 1.807) is 7.05 Å². The molecule has 0 saturated heterocycles. The van der Waals surface area contributed by atoms with Crippen LogP contribution in [0.5, 0.6) is 0 Å². The van der Waals surface area contributed by atoms with Crippen LogP contribution in [0, 0.1) is 13.8 Å². The van der Waals surface area contributed by atoms with Crippen molar-refractivity contribution in [2.24, 2.45) is 12.0 Å². The summed E-state index contributed by atoms with van der Waals surface area (Å²) in [5, 5.41) is 12.1. The van der Waals surface area contributed by atoms with Crippen molar-refractivity contribution in [3.05, 3.63) is 50.2 Å². The number of rotatable bonds is 6. The molecule has 0 bridgehead atoms. The zero-order valence-electron chi connectivity index (χ0n) is 16.4. The Hall–Kier alpha value is -0.800. The molecule has 1 heterocycles. The molecule has 0 aliphatic rings. The van der Waals surface area contributed by atoms with Gasteiger partial charge in [-0.2, -0.15) is 5.10 Å². The zero-order chi connectivity index (χ0) is 19.3. The Morgan fingerprint density at radius 3 is 2.67 bits per heavy atom. The molecule has 0 spiro atoms. The number of aryl methyl sites for hydroxylation is 2. The van der Waals surface area contributed by atoms with E-state index in [4.69, 9.17) is 11.6 Å². The minimum Gasteiger partial charge on any atom is -0.356 e. The van der Waals surface area contributed by atoms with Crippen LogP contribution in [0.4, 0.5) is 0 Å². The van der Waals surface area contributed by atoms with Crippen LogP contribution in [0.2, 0.25) is 5.02 Å². The molecular formula is C19H28BrClIN5. The van der Waals surface area contributed by atoms with E-state index in [-0.39, 0.29) is 30.0 Å². The molecule has 2 aromatic rings. The van der Waals surface area contributed by atoms with E-state index in [1.165, 1.54) is 16.8 Å². The molecule has 27 heavy (non-hydrogen) atoms. The van der Waals surface area contributed by atoms with Crippen LogP contribution in [0.3, 0.4) is 0 Å². The Morgan fingerprint density at radius 1 is 1.37 bits per heavy atom. The Kier molecular flexibility index (Phi) is 10.1. The lowest BCUT2D eigenvalue weighted by atomic mass is 10.1. The molecule has 0 saturated carbocycles. The lowest BCUT2D eigenvalue weighted by Gasteiger charge is -2.18. The first-order valence-electron chi connectivity index (χ1n) is 8.72. The fourth-order valence-electron chi connectivity index (χ4n) is 2.95. The summed E-state index contributed by atoms with van der Waals surface area (Å²) in [5.41, 5.74) is 4.78. The van der Waals surface area contributed by atoms with E-state index in [9.17, 15) is 0 Å². The molecule has 1 aromatic carbocycles. The van der Waals surface area contributed by atoms with Crippen molar-refractivity contribution in [3.8, 4) is 0 Å². The Balaban J connectivity index is 0.00000364. The summed E-state index contributed by atoms with van der Waals surface area (Å²) in [4.78, 5) is 4.33. The van der Waals surface area contributed by atoms with Crippen molar-refractivity contribution in [3.63, 3.8) is 0 Å². The fourth-order valence-corrected chi connectivity index (χ4v) is 3.59. The van der Waals surface area contributed by atoms with Crippen LogP contribution in [0.15, 0.2) is 27.7 Å². The predicted molar refractivity (Wildman–Crippen MR) is 129 cm³/mol. The molecule has 1 aromatic heterocycles. The molecule has 0 aliphatic heterocycles. The normalized spacial score (nSPS) is 12.5. The summed E-state index contributed by atoms with van der Waals surface area (Å²) in [6.45, 7) is 7.10. The number of aliphatic imine (C=N–C) groups is 1. The van der Waals surface area contributed by atoms with Gasteiger partial charge in [-0.1, -0.05) is 27.5 Å². The van der Waals surface area contributed by atoms with E-state index < -0.39 is 0 Å². The van der Waals surface area contributed by atoms with E-state index >= 15 is 0 Å². The molecule has 8 heteroatoms. The average molecular weight is 569 g/mol. The topological polar surface area (TPSA) is 54.2 Å². The van der Waals surface area contributed by atoms with Gasteiger partial charge in [0, 0.05) is 41.9 Å². The predicted octanol–water partition coefficient (Wildman–Crippen LogP) is 4.41. The molecule has 1 unspecified atom stereocenters. The maximum Gasteiger partial charge on any atom is 0.191 e. The number of guanidine groups is 1. The second kappa shape index (κ2) is 11.3. The fraction of sp³-hybridized carbons (Fsp3) is 0.474. The highest BCUT2D eigenvalue weighted by atomic mass is 127. The van der Waals surface area contributed by atoms with Gasteiger partial charge in [-0.3, -0.25) is 9.67 Å². The molecule has 0 aliphatic carbocycles. The van der Waals surface area contributed by atoms with Gasteiger partial charge in [-0.15, -0.1) is 24.0 Å². The SMILES string of the molecule is CN=C(NCCc1cc(Cl)ccc1Br)NC(C)Cc1c(C)nn(C)c1C.I. The zero-order valence-corrected chi connectivity index (χ0v) is 21.1. The third-order valence-corrected chi connectivity index (χ3v) is 5.48. The molecule has 150 valence electrons. The van der Waals surface area contributed by atoms with Crippen molar-refractivity contribution >= 4 is 57.5 Å².